The van der Waals surface area contributed by atoms with Crippen LogP contribution in [0.4, 0.5) is 5.69 Å². The molecular formula is C19H13Cl2NO4. The Labute approximate surface area is 159 Å². The molecule has 1 heterocycles. The van der Waals surface area contributed by atoms with Gasteiger partial charge in [-0.05, 0) is 61.0 Å². The first-order valence-corrected chi connectivity index (χ1v) is 8.30. The minimum atomic E-state index is -1.03. The Morgan fingerprint density at radius 3 is 2.31 bits per heavy atom. The molecule has 0 aliphatic heterocycles. The van der Waals surface area contributed by atoms with Crippen LogP contribution in [0.3, 0.4) is 0 Å². The Kier molecular flexibility index (Phi) is 5.02. The number of hydrogen-bond donors (Lipinski definition) is 2. The SMILES string of the molecule is Cc1cc(C(=O)O)ccc1NC(=O)c1ccc(-c2cc(Cl)cc(Cl)c2)o1. The third-order valence-electron chi connectivity index (χ3n) is 3.70. The Morgan fingerprint density at radius 1 is 1.00 bits per heavy atom. The molecule has 5 nitrogen and oxygen atoms in total. The van der Waals surface area contributed by atoms with E-state index in [-0.39, 0.29) is 11.3 Å². The fourth-order valence-electron chi connectivity index (χ4n) is 2.43. The second-order valence-corrected chi connectivity index (χ2v) is 6.48. The second-order valence-electron chi connectivity index (χ2n) is 5.61. The lowest BCUT2D eigenvalue weighted by molar-refractivity contribution is 0.0696. The molecule has 7 heteroatoms. The molecule has 2 N–H and O–H groups in total. The van der Waals surface area contributed by atoms with Crippen LogP contribution >= 0.6 is 23.2 Å². The number of hydrogen-bond acceptors (Lipinski definition) is 3. The van der Waals surface area contributed by atoms with Gasteiger partial charge >= 0.3 is 5.97 Å². The molecule has 0 atom stereocenters. The number of amides is 1. The monoisotopic (exact) mass is 389 g/mol. The van der Waals surface area contributed by atoms with Crippen molar-refractivity contribution in [2.45, 2.75) is 6.92 Å². The maximum Gasteiger partial charge on any atom is 0.335 e. The molecule has 0 spiro atoms. The van der Waals surface area contributed by atoms with Gasteiger partial charge in [-0.15, -0.1) is 0 Å². The number of benzene rings is 2. The topological polar surface area (TPSA) is 79.5 Å². The van der Waals surface area contributed by atoms with Gasteiger partial charge in [0, 0.05) is 21.3 Å². The van der Waals surface area contributed by atoms with Crippen LogP contribution in [-0.2, 0) is 0 Å². The number of furan rings is 1. The van der Waals surface area contributed by atoms with Crippen molar-refractivity contribution in [3.8, 4) is 11.3 Å². The summed E-state index contributed by atoms with van der Waals surface area (Å²) in [5, 5.41) is 12.6. The Hall–Kier alpha value is -2.76. The largest absolute Gasteiger partial charge is 0.478 e. The van der Waals surface area contributed by atoms with E-state index < -0.39 is 11.9 Å². The molecule has 0 unspecified atom stereocenters. The Bertz CT molecular complexity index is 990. The average Bonchev–Trinajstić information content (AvgIpc) is 3.05. The lowest BCUT2D eigenvalue weighted by Crippen LogP contribution is -2.12. The molecule has 3 rings (SSSR count). The van der Waals surface area contributed by atoms with Gasteiger partial charge in [-0.25, -0.2) is 4.79 Å². The molecule has 0 saturated heterocycles. The minimum absolute atomic E-state index is 0.109. The summed E-state index contributed by atoms with van der Waals surface area (Å²) in [6.07, 6.45) is 0. The smallest absolute Gasteiger partial charge is 0.335 e. The summed E-state index contributed by atoms with van der Waals surface area (Å²) in [7, 11) is 0. The highest BCUT2D eigenvalue weighted by atomic mass is 35.5. The van der Waals surface area contributed by atoms with Crippen LogP contribution in [0.5, 0.6) is 0 Å². The standard InChI is InChI=1S/C19H13Cl2NO4/c1-10-6-11(19(24)25)2-3-15(10)22-18(23)17-5-4-16(26-17)12-7-13(20)9-14(21)8-12/h2-9H,1H3,(H,22,23)(H,24,25). The molecule has 0 fully saturated rings. The number of halogens is 2. The number of carbonyl (C=O) groups excluding carboxylic acids is 1. The predicted molar refractivity (Wildman–Crippen MR) is 100 cm³/mol. The fraction of sp³-hybridized carbons (Fsp3) is 0.0526. The van der Waals surface area contributed by atoms with Gasteiger partial charge in [-0.1, -0.05) is 23.2 Å². The van der Waals surface area contributed by atoms with Crippen LogP contribution in [0.2, 0.25) is 10.0 Å². The highest BCUT2D eigenvalue weighted by Gasteiger charge is 2.15. The molecule has 0 saturated carbocycles. The van der Waals surface area contributed by atoms with Gasteiger partial charge in [0.2, 0.25) is 0 Å². The van der Waals surface area contributed by atoms with E-state index in [0.29, 0.717) is 32.6 Å². The molecule has 1 amide bonds. The van der Waals surface area contributed by atoms with E-state index in [0.717, 1.165) is 0 Å². The van der Waals surface area contributed by atoms with Crippen molar-refractivity contribution in [3.63, 3.8) is 0 Å². The molecule has 3 aromatic rings. The summed E-state index contributed by atoms with van der Waals surface area (Å²) in [5.74, 6) is -0.910. The maximum absolute atomic E-state index is 12.4. The molecule has 26 heavy (non-hydrogen) atoms. The molecule has 132 valence electrons. The van der Waals surface area contributed by atoms with Crippen molar-refractivity contribution in [1.82, 2.24) is 0 Å². The lowest BCUT2D eigenvalue weighted by Gasteiger charge is -2.08. The number of rotatable bonds is 4. The first kappa shape index (κ1) is 18.0. The van der Waals surface area contributed by atoms with E-state index >= 15 is 0 Å². The molecule has 0 radical (unpaired) electrons. The van der Waals surface area contributed by atoms with Crippen molar-refractivity contribution in [2.75, 3.05) is 5.32 Å². The van der Waals surface area contributed by atoms with Crippen molar-refractivity contribution < 1.29 is 19.1 Å². The number of aryl methyl sites for hydroxylation is 1. The predicted octanol–water partition coefficient (Wildman–Crippen LogP) is 5.51. The second kappa shape index (κ2) is 7.23. The van der Waals surface area contributed by atoms with Gasteiger partial charge in [0.1, 0.15) is 5.76 Å². The van der Waals surface area contributed by atoms with Crippen molar-refractivity contribution in [2.24, 2.45) is 0 Å². The number of anilines is 1. The van der Waals surface area contributed by atoms with E-state index in [2.05, 4.69) is 5.32 Å². The highest BCUT2D eigenvalue weighted by molar-refractivity contribution is 6.35. The van der Waals surface area contributed by atoms with E-state index in [9.17, 15) is 9.59 Å². The van der Waals surface area contributed by atoms with E-state index in [1.807, 2.05) is 0 Å². The molecule has 0 bridgehead atoms. The number of carboxylic acid groups (broad SMARTS) is 1. The summed E-state index contributed by atoms with van der Waals surface area (Å²) >= 11 is 12.0. The third-order valence-corrected chi connectivity index (χ3v) is 4.13. The molecular weight excluding hydrogens is 377 g/mol. The number of aromatic carboxylic acids is 1. The minimum Gasteiger partial charge on any atom is -0.478 e. The summed E-state index contributed by atoms with van der Waals surface area (Å²) in [4.78, 5) is 23.4. The summed E-state index contributed by atoms with van der Waals surface area (Å²) in [6, 6.07) is 12.6. The molecule has 2 aromatic carbocycles. The van der Waals surface area contributed by atoms with E-state index in [4.69, 9.17) is 32.7 Å². The highest BCUT2D eigenvalue weighted by Crippen LogP contribution is 2.29. The van der Waals surface area contributed by atoms with Crippen LogP contribution in [0.1, 0.15) is 26.5 Å². The lowest BCUT2D eigenvalue weighted by atomic mass is 10.1. The van der Waals surface area contributed by atoms with Gasteiger partial charge in [-0.2, -0.15) is 0 Å². The van der Waals surface area contributed by atoms with Gasteiger partial charge in [-0.3, -0.25) is 4.79 Å². The Balaban J connectivity index is 1.81. The van der Waals surface area contributed by atoms with Crippen LogP contribution in [0.25, 0.3) is 11.3 Å². The number of carbonyl (C=O) groups is 2. The van der Waals surface area contributed by atoms with Crippen molar-refractivity contribution in [3.05, 3.63) is 75.5 Å². The van der Waals surface area contributed by atoms with Crippen LogP contribution in [0, 0.1) is 6.92 Å². The molecule has 1 aromatic heterocycles. The zero-order valence-corrected chi connectivity index (χ0v) is 15.1. The summed E-state index contributed by atoms with van der Waals surface area (Å²) < 4.78 is 5.59. The van der Waals surface area contributed by atoms with Crippen molar-refractivity contribution >= 4 is 40.8 Å². The van der Waals surface area contributed by atoms with Gasteiger partial charge < -0.3 is 14.8 Å². The van der Waals surface area contributed by atoms with Gasteiger partial charge in [0.05, 0.1) is 5.56 Å². The quantitative estimate of drug-likeness (QED) is 0.616. The summed E-state index contributed by atoms with van der Waals surface area (Å²) in [6.45, 7) is 1.71. The average molecular weight is 390 g/mol. The molecule has 0 aliphatic rings. The van der Waals surface area contributed by atoms with E-state index in [1.165, 1.54) is 18.2 Å². The third kappa shape index (κ3) is 3.90. The van der Waals surface area contributed by atoms with Gasteiger partial charge in [0.15, 0.2) is 5.76 Å². The Morgan fingerprint density at radius 2 is 1.69 bits per heavy atom. The first-order valence-electron chi connectivity index (χ1n) is 7.55. The fourth-order valence-corrected chi connectivity index (χ4v) is 2.96. The van der Waals surface area contributed by atoms with Gasteiger partial charge in [0.25, 0.3) is 5.91 Å². The normalized spacial score (nSPS) is 10.6. The van der Waals surface area contributed by atoms with Crippen LogP contribution < -0.4 is 5.32 Å². The molecule has 0 aliphatic carbocycles. The number of nitrogens with one attached hydrogen (secondary N) is 1. The zero-order chi connectivity index (χ0) is 18.8. The van der Waals surface area contributed by atoms with Crippen LogP contribution in [0.15, 0.2) is 52.9 Å². The number of carboxylic acids is 1. The van der Waals surface area contributed by atoms with Crippen LogP contribution in [-0.4, -0.2) is 17.0 Å². The summed E-state index contributed by atoms with van der Waals surface area (Å²) in [5.41, 5.74) is 1.94. The first-order chi connectivity index (χ1) is 12.3. The maximum atomic E-state index is 12.4. The van der Waals surface area contributed by atoms with Crippen molar-refractivity contribution in [1.29, 1.82) is 0 Å². The zero-order valence-electron chi connectivity index (χ0n) is 13.5. The van der Waals surface area contributed by atoms with E-state index in [1.54, 1.807) is 37.3 Å².